The molecule has 24 heavy (non-hydrogen) atoms. The van der Waals surface area contributed by atoms with E-state index in [9.17, 15) is 16.8 Å². The van der Waals surface area contributed by atoms with Crippen LogP contribution in [0, 0.1) is 0 Å². The number of rotatable bonds is 9. The molecule has 0 aliphatic carbocycles. The predicted octanol–water partition coefficient (Wildman–Crippen LogP) is -1.21. The SMILES string of the molecule is O=S(=O)(CCNS(=O)(=O)c1ccccc1)NCCN1CCNCC1. The Morgan fingerprint density at radius 3 is 2.29 bits per heavy atom. The molecule has 8 nitrogen and oxygen atoms in total. The van der Waals surface area contributed by atoms with Gasteiger partial charge < -0.3 is 5.32 Å². The van der Waals surface area contributed by atoms with Gasteiger partial charge in [0.2, 0.25) is 20.0 Å². The zero-order chi connectivity index (χ0) is 17.5. The summed E-state index contributed by atoms with van der Waals surface area (Å²) in [6, 6.07) is 7.86. The number of nitrogens with one attached hydrogen (secondary N) is 3. The van der Waals surface area contributed by atoms with Gasteiger partial charge in [0, 0.05) is 45.8 Å². The van der Waals surface area contributed by atoms with Crippen molar-refractivity contribution in [1.29, 1.82) is 0 Å². The lowest BCUT2D eigenvalue weighted by atomic mass is 10.3. The van der Waals surface area contributed by atoms with E-state index in [0.717, 1.165) is 26.2 Å². The van der Waals surface area contributed by atoms with E-state index in [4.69, 9.17) is 0 Å². The fourth-order valence-electron chi connectivity index (χ4n) is 2.36. The molecule has 0 unspecified atom stereocenters. The molecule has 1 aliphatic heterocycles. The number of nitrogens with zero attached hydrogens (tertiary/aromatic N) is 1. The van der Waals surface area contributed by atoms with Gasteiger partial charge >= 0.3 is 0 Å². The lowest BCUT2D eigenvalue weighted by Gasteiger charge is -2.27. The van der Waals surface area contributed by atoms with Crippen LogP contribution in [0.25, 0.3) is 0 Å². The second kappa shape index (κ2) is 8.88. The van der Waals surface area contributed by atoms with Crippen LogP contribution in [0.4, 0.5) is 0 Å². The number of sulfonamides is 2. The van der Waals surface area contributed by atoms with Gasteiger partial charge in [-0.1, -0.05) is 18.2 Å². The van der Waals surface area contributed by atoms with E-state index < -0.39 is 20.0 Å². The number of hydrogen-bond acceptors (Lipinski definition) is 6. The number of hydrogen-bond donors (Lipinski definition) is 3. The number of benzene rings is 1. The number of piperazine rings is 1. The molecular formula is C14H24N4O4S2. The van der Waals surface area contributed by atoms with E-state index in [2.05, 4.69) is 19.7 Å². The quantitative estimate of drug-likeness (QED) is 0.499. The average Bonchev–Trinajstić information content (AvgIpc) is 2.56. The van der Waals surface area contributed by atoms with Crippen molar-refractivity contribution in [1.82, 2.24) is 19.7 Å². The van der Waals surface area contributed by atoms with E-state index in [1.807, 2.05) is 0 Å². The van der Waals surface area contributed by atoms with Crippen LogP contribution in [0.15, 0.2) is 35.2 Å². The molecule has 10 heteroatoms. The topological polar surface area (TPSA) is 108 Å². The van der Waals surface area contributed by atoms with E-state index in [1.54, 1.807) is 18.2 Å². The van der Waals surface area contributed by atoms with Crippen LogP contribution in [0.5, 0.6) is 0 Å². The highest BCUT2D eigenvalue weighted by atomic mass is 32.2. The minimum absolute atomic E-state index is 0.120. The Morgan fingerprint density at radius 1 is 0.958 bits per heavy atom. The van der Waals surface area contributed by atoms with Gasteiger partial charge in [-0.2, -0.15) is 0 Å². The molecule has 0 bridgehead atoms. The van der Waals surface area contributed by atoms with Crippen molar-refractivity contribution >= 4 is 20.0 Å². The third-order valence-corrected chi connectivity index (χ3v) is 6.54. The second-order valence-corrected chi connectivity index (χ2v) is 9.21. The Bertz CT molecular complexity index is 702. The summed E-state index contributed by atoms with van der Waals surface area (Å²) in [6.45, 7) is 4.43. The van der Waals surface area contributed by atoms with Crippen LogP contribution in [0.3, 0.4) is 0 Å². The largest absolute Gasteiger partial charge is 0.314 e. The fraction of sp³-hybridized carbons (Fsp3) is 0.571. The maximum atomic E-state index is 12.0. The molecule has 1 fully saturated rings. The van der Waals surface area contributed by atoms with E-state index in [-0.39, 0.29) is 17.2 Å². The van der Waals surface area contributed by atoms with Gasteiger partial charge in [0.25, 0.3) is 0 Å². The summed E-state index contributed by atoms with van der Waals surface area (Å²) in [7, 11) is -7.18. The first-order valence-electron chi connectivity index (χ1n) is 7.84. The molecule has 1 aromatic rings. The zero-order valence-corrected chi connectivity index (χ0v) is 15.1. The van der Waals surface area contributed by atoms with Crippen molar-refractivity contribution in [3.63, 3.8) is 0 Å². The third kappa shape index (κ3) is 6.46. The Morgan fingerprint density at radius 2 is 1.62 bits per heavy atom. The van der Waals surface area contributed by atoms with Crippen LogP contribution in [-0.4, -0.2) is 73.3 Å². The molecule has 0 radical (unpaired) electrons. The molecule has 0 saturated carbocycles. The molecule has 0 spiro atoms. The van der Waals surface area contributed by atoms with Crippen molar-refractivity contribution in [2.45, 2.75) is 4.90 Å². The molecule has 2 rings (SSSR count). The molecule has 0 aromatic heterocycles. The van der Waals surface area contributed by atoms with Gasteiger partial charge in [0.15, 0.2) is 0 Å². The summed E-state index contributed by atoms with van der Waals surface area (Å²) < 4.78 is 52.6. The highest BCUT2D eigenvalue weighted by Gasteiger charge is 2.16. The lowest BCUT2D eigenvalue weighted by molar-refractivity contribution is 0.245. The van der Waals surface area contributed by atoms with Crippen molar-refractivity contribution < 1.29 is 16.8 Å². The normalized spacial score (nSPS) is 17.0. The van der Waals surface area contributed by atoms with Gasteiger partial charge in [0.05, 0.1) is 10.6 Å². The smallest absolute Gasteiger partial charge is 0.240 e. The Hall–Kier alpha value is -1.04. The highest BCUT2D eigenvalue weighted by molar-refractivity contribution is 7.90. The molecular weight excluding hydrogens is 352 g/mol. The van der Waals surface area contributed by atoms with E-state index in [0.29, 0.717) is 13.1 Å². The van der Waals surface area contributed by atoms with Gasteiger partial charge in [-0.25, -0.2) is 26.3 Å². The van der Waals surface area contributed by atoms with Gasteiger partial charge in [0.1, 0.15) is 0 Å². The molecule has 136 valence electrons. The van der Waals surface area contributed by atoms with Crippen molar-refractivity contribution in [2.24, 2.45) is 0 Å². The summed E-state index contributed by atoms with van der Waals surface area (Å²) in [5.41, 5.74) is 0. The molecule has 1 aromatic carbocycles. The summed E-state index contributed by atoms with van der Waals surface area (Å²) in [5.74, 6) is -0.291. The lowest BCUT2D eigenvalue weighted by Crippen LogP contribution is -2.46. The van der Waals surface area contributed by atoms with Crippen LogP contribution in [-0.2, 0) is 20.0 Å². The molecule has 3 N–H and O–H groups in total. The van der Waals surface area contributed by atoms with Crippen molar-refractivity contribution in [3.8, 4) is 0 Å². The average molecular weight is 377 g/mol. The summed E-state index contributed by atoms with van der Waals surface area (Å²) in [5, 5.41) is 3.23. The Kier molecular flexibility index (Phi) is 7.14. The standard InChI is InChI=1S/C14H24N4O4S2/c19-23(20,16-8-12-18-10-6-15-7-11-18)13-9-17-24(21,22)14-4-2-1-3-5-14/h1-5,15-17H,6-13H2. The first-order chi connectivity index (χ1) is 11.4. The van der Waals surface area contributed by atoms with Gasteiger partial charge in [-0.05, 0) is 12.1 Å². The summed E-state index contributed by atoms with van der Waals surface area (Å²) in [6.07, 6.45) is 0. The molecule has 0 atom stereocenters. The maximum Gasteiger partial charge on any atom is 0.240 e. The van der Waals surface area contributed by atoms with Crippen LogP contribution < -0.4 is 14.8 Å². The molecule has 1 heterocycles. The van der Waals surface area contributed by atoms with Crippen molar-refractivity contribution in [2.75, 3.05) is 51.6 Å². The molecule has 1 aliphatic rings. The van der Waals surface area contributed by atoms with Gasteiger partial charge in [-0.15, -0.1) is 0 Å². The van der Waals surface area contributed by atoms with E-state index in [1.165, 1.54) is 12.1 Å². The van der Waals surface area contributed by atoms with E-state index >= 15 is 0 Å². The highest BCUT2D eigenvalue weighted by Crippen LogP contribution is 2.06. The van der Waals surface area contributed by atoms with Crippen LogP contribution in [0.2, 0.25) is 0 Å². The predicted molar refractivity (Wildman–Crippen MR) is 92.7 cm³/mol. The summed E-state index contributed by atoms with van der Waals surface area (Å²) >= 11 is 0. The first-order valence-corrected chi connectivity index (χ1v) is 11.0. The minimum Gasteiger partial charge on any atom is -0.314 e. The maximum absolute atomic E-state index is 12.0. The first kappa shape index (κ1) is 19.3. The molecule has 0 amide bonds. The summed E-state index contributed by atoms with van der Waals surface area (Å²) in [4.78, 5) is 2.30. The van der Waals surface area contributed by atoms with Crippen LogP contribution in [0.1, 0.15) is 0 Å². The van der Waals surface area contributed by atoms with Crippen LogP contribution >= 0.6 is 0 Å². The minimum atomic E-state index is -3.68. The zero-order valence-electron chi connectivity index (χ0n) is 13.4. The Balaban J connectivity index is 1.72. The van der Waals surface area contributed by atoms with Gasteiger partial charge in [-0.3, -0.25) is 4.90 Å². The monoisotopic (exact) mass is 376 g/mol. The Labute approximate surface area is 143 Å². The van der Waals surface area contributed by atoms with Crippen molar-refractivity contribution in [3.05, 3.63) is 30.3 Å². The third-order valence-electron chi connectivity index (χ3n) is 3.68. The molecule has 1 saturated heterocycles. The fourth-order valence-corrected chi connectivity index (χ4v) is 4.46. The second-order valence-electron chi connectivity index (χ2n) is 5.52.